The molecule has 0 saturated carbocycles. The summed E-state index contributed by atoms with van der Waals surface area (Å²) in [7, 11) is 0. The number of benzene rings is 2. The number of aromatic nitrogens is 2. The zero-order valence-electron chi connectivity index (χ0n) is 17.4. The Morgan fingerprint density at radius 1 is 1.03 bits per heavy atom. The van der Waals surface area contributed by atoms with E-state index in [4.69, 9.17) is 0 Å². The van der Waals surface area contributed by atoms with Crippen LogP contribution in [-0.4, -0.2) is 27.0 Å². The van der Waals surface area contributed by atoms with E-state index in [0.717, 1.165) is 11.1 Å². The first-order valence-electron chi connectivity index (χ1n) is 10.1. The Hall–Kier alpha value is -3.42. The first-order valence-corrected chi connectivity index (χ1v) is 10.1. The predicted molar refractivity (Wildman–Crippen MR) is 114 cm³/mol. The standard InChI is InChI=1S/C24H23F3N2O3/c1-16(14-24(25,26)27)13-20(23(31)32)18-9-7-17(8-10-18)15-29-22(30)12-11-21(28-29)19-5-3-2-4-6-19/h2-12,16,20H,13-15H2,1H3,(H,31,32). The molecular formula is C24H23F3N2O3. The van der Waals surface area contributed by atoms with Gasteiger partial charge in [-0.3, -0.25) is 9.59 Å². The molecule has 1 aromatic heterocycles. The first-order chi connectivity index (χ1) is 15.1. The zero-order chi connectivity index (χ0) is 23.3. The molecule has 3 rings (SSSR count). The van der Waals surface area contributed by atoms with Crippen LogP contribution in [0.3, 0.4) is 0 Å². The average Bonchev–Trinajstić information content (AvgIpc) is 2.73. The van der Waals surface area contributed by atoms with Crippen molar-refractivity contribution in [3.63, 3.8) is 0 Å². The van der Waals surface area contributed by atoms with Crippen LogP contribution in [0.1, 0.15) is 36.8 Å². The van der Waals surface area contributed by atoms with E-state index in [1.807, 2.05) is 30.3 Å². The van der Waals surface area contributed by atoms with Gasteiger partial charge in [0.05, 0.1) is 18.2 Å². The molecule has 2 aromatic carbocycles. The van der Waals surface area contributed by atoms with Crippen LogP contribution >= 0.6 is 0 Å². The molecule has 1 heterocycles. The molecule has 0 aliphatic rings. The molecule has 3 aromatic rings. The largest absolute Gasteiger partial charge is 0.481 e. The summed E-state index contributed by atoms with van der Waals surface area (Å²) in [4.78, 5) is 23.9. The highest BCUT2D eigenvalue weighted by atomic mass is 19.4. The zero-order valence-corrected chi connectivity index (χ0v) is 17.4. The summed E-state index contributed by atoms with van der Waals surface area (Å²) in [6, 6.07) is 19.0. The fourth-order valence-electron chi connectivity index (χ4n) is 3.61. The summed E-state index contributed by atoms with van der Waals surface area (Å²) in [6.45, 7) is 1.58. The number of carboxylic acid groups (broad SMARTS) is 1. The Balaban J connectivity index is 1.76. The molecule has 0 fully saturated rings. The van der Waals surface area contributed by atoms with E-state index < -0.39 is 30.4 Å². The van der Waals surface area contributed by atoms with Crippen LogP contribution in [0, 0.1) is 5.92 Å². The lowest BCUT2D eigenvalue weighted by molar-refractivity contribution is -0.148. The normalized spacial score (nSPS) is 13.5. The predicted octanol–water partition coefficient (Wildman–Crippen LogP) is 5.11. The number of nitrogens with zero attached hydrogens (tertiary/aromatic N) is 2. The Labute approximate surface area is 183 Å². The Morgan fingerprint density at radius 2 is 1.69 bits per heavy atom. The maximum absolute atomic E-state index is 12.6. The Morgan fingerprint density at radius 3 is 2.28 bits per heavy atom. The van der Waals surface area contributed by atoms with Crippen molar-refractivity contribution >= 4 is 5.97 Å². The fraction of sp³-hybridized carbons (Fsp3) is 0.292. The van der Waals surface area contributed by atoms with Crippen molar-refractivity contribution in [2.75, 3.05) is 0 Å². The number of halogens is 3. The topological polar surface area (TPSA) is 72.2 Å². The molecular weight excluding hydrogens is 421 g/mol. The number of carbonyl (C=O) groups is 1. The average molecular weight is 444 g/mol. The van der Waals surface area contributed by atoms with E-state index >= 15 is 0 Å². The van der Waals surface area contributed by atoms with Crippen molar-refractivity contribution < 1.29 is 23.1 Å². The summed E-state index contributed by atoms with van der Waals surface area (Å²) in [5.74, 6) is -3.02. The maximum Gasteiger partial charge on any atom is 0.389 e. The van der Waals surface area contributed by atoms with Gasteiger partial charge in [-0.2, -0.15) is 18.3 Å². The van der Waals surface area contributed by atoms with Crippen molar-refractivity contribution in [2.45, 2.75) is 38.4 Å². The maximum atomic E-state index is 12.6. The van der Waals surface area contributed by atoms with Gasteiger partial charge in [0, 0.05) is 18.1 Å². The number of carboxylic acids is 1. The summed E-state index contributed by atoms with van der Waals surface area (Å²) >= 11 is 0. The molecule has 2 unspecified atom stereocenters. The van der Waals surface area contributed by atoms with Gasteiger partial charge in [-0.1, -0.05) is 61.5 Å². The third-order valence-electron chi connectivity index (χ3n) is 5.17. The second kappa shape index (κ2) is 9.80. The summed E-state index contributed by atoms with van der Waals surface area (Å²) in [5, 5.41) is 13.9. The highest BCUT2D eigenvalue weighted by Crippen LogP contribution is 2.32. The van der Waals surface area contributed by atoms with Gasteiger partial charge in [0.25, 0.3) is 5.56 Å². The molecule has 168 valence electrons. The molecule has 0 saturated heterocycles. The smallest absolute Gasteiger partial charge is 0.389 e. The minimum Gasteiger partial charge on any atom is -0.481 e. The minimum absolute atomic E-state index is 0.117. The Kier molecular flexibility index (Phi) is 7.12. The second-order valence-electron chi connectivity index (χ2n) is 7.87. The first kappa shape index (κ1) is 23.2. The molecule has 1 N–H and O–H groups in total. The summed E-state index contributed by atoms with van der Waals surface area (Å²) in [5.41, 5.74) is 2.38. The van der Waals surface area contributed by atoms with Gasteiger partial charge in [-0.15, -0.1) is 0 Å². The number of hydrogen-bond donors (Lipinski definition) is 1. The SMILES string of the molecule is CC(CC(C(=O)O)c1ccc(Cn2nc(-c3ccccc3)ccc2=O)cc1)CC(F)(F)F. The van der Waals surface area contributed by atoms with E-state index in [1.54, 1.807) is 30.3 Å². The van der Waals surface area contributed by atoms with E-state index in [9.17, 15) is 27.9 Å². The highest BCUT2D eigenvalue weighted by molar-refractivity contribution is 5.76. The van der Waals surface area contributed by atoms with Crippen molar-refractivity contribution in [3.05, 3.63) is 88.2 Å². The van der Waals surface area contributed by atoms with Gasteiger partial charge < -0.3 is 5.11 Å². The number of rotatable bonds is 8. The molecule has 0 amide bonds. The Bertz CT molecular complexity index is 1110. The molecule has 0 aliphatic heterocycles. The molecule has 5 nitrogen and oxygen atoms in total. The quantitative estimate of drug-likeness (QED) is 0.524. The van der Waals surface area contributed by atoms with Gasteiger partial charge in [0.1, 0.15) is 0 Å². The van der Waals surface area contributed by atoms with Crippen LogP contribution in [0.5, 0.6) is 0 Å². The van der Waals surface area contributed by atoms with Gasteiger partial charge in [0.15, 0.2) is 0 Å². The van der Waals surface area contributed by atoms with E-state index in [-0.39, 0.29) is 18.5 Å². The van der Waals surface area contributed by atoms with Crippen molar-refractivity contribution in [1.82, 2.24) is 9.78 Å². The summed E-state index contributed by atoms with van der Waals surface area (Å²) in [6.07, 6.45) is -5.48. The second-order valence-corrected chi connectivity index (χ2v) is 7.87. The van der Waals surface area contributed by atoms with Crippen LogP contribution < -0.4 is 5.56 Å². The number of aliphatic carboxylic acids is 1. The van der Waals surface area contributed by atoms with E-state index in [2.05, 4.69) is 5.10 Å². The monoisotopic (exact) mass is 444 g/mol. The lowest BCUT2D eigenvalue weighted by atomic mass is 9.87. The van der Waals surface area contributed by atoms with Crippen LogP contribution in [0.15, 0.2) is 71.5 Å². The lowest BCUT2D eigenvalue weighted by Gasteiger charge is -2.19. The van der Waals surface area contributed by atoms with E-state index in [0.29, 0.717) is 11.3 Å². The van der Waals surface area contributed by atoms with Crippen molar-refractivity contribution in [2.24, 2.45) is 5.92 Å². The van der Waals surface area contributed by atoms with Gasteiger partial charge in [-0.05, 0) is 29.5 Å². The molecule has 0 spiro atoms. The van der Waals surface area contributed by atoms with Crippen molar-refractivity contribution in [1.29, 1.82) is 0 Å². The number of hydrogen-bond acceptors (Lipinski definition) is 3. The van der Waals surface area contributed by atoms with Gasteiger partial charge in [-0.25, -0.2) is 4.68 Å². The third-order valence-corrected chi connectivity index (χ3v) is 5.17. The molecule has 8 heteroatoms. The molecule has 2 atom stereocenters. The van der Waals surface area contributed by atoms with Crippen LogP contribution in [-0.2, 0) is 11.3 Å². The number of alkyl halides is 3. The lowest BCUT2D eigenvalue weighted by Crippen LogP contribution is -2.23. The van der Waals surface area contributed by atoms with Crippen LogP contribution in [0.2, 0.25) is 0 Å². The molecule has 32 heavy (non-hydrogen) atoms. The summed E-state index contributed by atoms with van der Waals surface area (Å²) < 4.78 is 39.1. The molecule has 0 radical (unpaired) electrons. The molecule has 0 bridgehead atoms. The van der Waals surface area contributed by atoms with Gasteiger partial charge in [0.2, 0.25) is 0 Å². The molecule has 0 aliphatic carbocycles. The van der Waals surface area contributed by atoms with Crippen LogP contribution in [0.4, 0.5) is 13.2 Å². The van der Waals surface area contributed by atoms with Gasteiger partial charge >= 0.3 is 12.1 Å². The minimum atomic E-state index is -4.33. The highest BCUT2D eigenvalue weighted by Gasteiger charge is 2.32. The van der Waals surface area contributed by atoms with Crippen molar-refractivity contribution in [3.8, 4) is 11.3 Å². The fourth-order valence-corrected chi connectivity index (χ4v) is 3.61. The third kappa shape index (κ3) is 6.29. The van der Waals surface area contributed by atoms with Crippen LogP contribution in [0.25, 0.3) is 11.3 Å². The van der Waals surface area contributed by atoms with E-state index in [1.165, 1.54) is 17.7 Å².